The Morgan fingerprint density at radius 1 is 1.50 bits per heavy atom. The summed E-state index contributed by atoms with van der Waals surface area (Å²) in [4.78, 5) is 6.18. The third kappa shape index (κ3) is 1.21. The number of fused-ring (bicyclic) bond motifs is 1. The van der Waals surface area contributed by atoms with Crippen LogP contribution in [0.5, 0.6) is 5.75 Å². The maximum Gasteiger partial charge on any atom is 0.148 e. The Hall–Kier alpha value is -2.17. The van der Waals surface area contributed by atoms with Crippen LogP contribution in [0.25, 0.3) is 0 Å². The van der Waals surface area contributed by atoms with Crippen molar-refractivity contribution in [1.29, 1.82) is 0 Å². The van der Waals surface area contributed by atoms with Gasteiger partial charge in [-0.1, -0.05) is 0 Å². The number of anilines is 2. The molecule has 0 unspecified atom stereocenters. The number of methoxy groups -OCH3 is 1. The Kier molecular flexibility index (Phi) is 1.80. The summed E-state index contributed by atoms with van der Waals surface area (Å²) in [5.41, 5.74) is 8.92. The zero-order chi connectivity index (χ0) is 11.1. The first-order valence-corrected chi connectivity index (χ1v) is 5.05. The van der Waals surface area contributed by atoms with E-state index in [1.54, 1.807) is 19.4 Å². The Morgan fingerprint density at radius 2 is 2.38 bits per heavy atom. The summed E-state index contributed by atoms with van der Waals surface area (Å²) < 4.78 is 5.30. The molecule has 2 aliphatic rings. The van der Waals surface area contributed by atoms with Crippen LogP contribution in [0, 0.1) is 0 Å². The number of rotatable bonds is 2. The molecule has 3 N–H and O–H groups in total. The van der Waals surface area contributed by atoms with Crippen molar-refractivity contribution < 1.29 is 4.74 Å². The third-order valence-corrected chi connectivity index (χ3v) is 2.67. The number of nitrogen functional groups attached to an aromatic ring is 1. The highest BCUT2D eigenvalue weighted by Crippen LogP contribution is 2.47. The number of nitrogens with zero attached hydrogens (tertiary/aromatic N) is 2. The van der Waals surface area contributed by atoms with Crippen molar-refractivity contribution in [2.45, 2.75) is 0 Å². The van der Waals surface area contributed by atoms with E-state index in [0.29, 0.717) is 5.82 Å². The highest BCUT2D eigenvalue weighted by Gasteiger charge is 2.38. The molecule has 1 aromatic rings. The van der Waals surface area contributed by atoms with Gasteiger partial charge in [0.15, 0.2) is 0 Å². The molecule has 0 amide bonds. The SMILES string of the molecule is COc1cc(N)ncc1N1C2=CCNC=C21. The second-order valence-electron chi connectivity index (χ2n) is 3.64. The van der Waals surface area contributed by atoms with E-state index < -0.39 is 0 Å². The number of nitrogens with two attached hydrogens (primary N) is 1. The molecule has 0 aromatic carbocycles. The van der Waals surface area contributed by atoms with Gasteiger partial charge in [0.2, 0.25) is 0 Å². The van der Waals surface area contributed by atoms with Gasteiger partial charge in [0, 0.05) is 18.8 Å². The lowest BCUT2D eigenvalue weighted by Crippen LogP contribution is -2.05. The van der Waals surface area contributed by atoms with Gasteiger partial charge in [0.1, 0.15) is 17.3 Å². The van der Waals surface area contributed by atoms with E-state index in [4.69, 9.17) is 10.5 Å². The number of pyridine rings is 1. The number of hydrogen-bond donors (Lipinski definition) is 2. The monoisotopic (exact) mass is 216 g/mol. The molecule has 5 heteroatoms. The van der Waals surface area contributed by atoms with E-state index in [2.05, 4.69) is 21.3 Å². The molecule has 1 fully saturated rings. The minimum Gasteiger partial charge on any atom is -0.494 e. The quantitative estimate of drug-likeness (QED) is 0.717. The van der Waals surface area contributed by atoms with Crippen molar-refractivity contribution in [3.8, 4) is 5.75 Å². The summed E-state index contributed by atoms with van der Waals surface area (Å²) in [6, 6.07) is 1.73. The lowest BCUT2D eigenvalue weighted by molar-refractivity contribution is 0.416. The van der Waals surface area contributed by atoms with Crippen LogP contribution in [0.2, 0.25) is 0 Å². The summed E-state index contributed by atoms with van der Waals surface area (Å²) in [7, 11) is 1.63. The van der Waals surface area contributed by atoms with Crippen molar-refractivity contribution in [1.82, 2.24) is 10.3 Å². The first kappa shape index (κ1) is 9.08. The average molecular weight is 216 g/mol. The molecule has 5 nitrogen and oxygen atoms in total. The van der Waals surface area contributed by atoms with Crippen LogP contribution >= 0.6 is 0 Å². The van der Waals surface area contributed by atoms with Crippen LogP contribution in [-0.2, 0) is 0 Å². The van der Waals surface area contributed by atoms with Gasteiger partial charge in [-0.3, -0.25) is 0 Å². The van der Waals surface area contributed by atoms with Gasteiger partial charge in [-0.05, 0) is 6.08 Å². The van der Waals surface area contributed by atoms with E-state index >= 15 is 0 Å². The van der Waals surface area contributed by atoms with Crippen LogP contribution in [0.15, 0.2) is 35.9 Å². The molecule has 0 bridgehead atoms. The van der Waals surface area contributed by atoms with E-state index in [9.17, 15) is 0 Å². The molecule has 82 valence electrons. The summed E-state index contributed by atoms with van der Waals surface area (Å²) in [6.07, 6.45) is 5.85. The standard InChI is InChI=1S/C11H12N4O/c1-16-10-4-11(12)14-6-9(10)15-7-2-3-13-5-8(7)15/h2,4-6,13H,3H2,1H3,(H2,12,14). The first-order valence-electron chi connectivity index (χ1n) is 5.05. The fraction of sp³-hybridized carbons (Fsp3) is 0.182. The molecule has 3 rings (SSSR count). The second kappa shape index (κ2) is 3.16. The summed E-state index contributed by atoms with van der Waals surface area (Å²) in [5.74, 6) is 1.20. The van der Waals surface area contributed by atoms with Gasteiger partial charge in [-0.25, -0.2) is 4.98 Å². The van der Waals surface area contributed by atoms with Gasteiger partial charge in [0.25, 0.3) is 0 Å². The normalized spacial score (nSPS) is 16.9. The minimum absolute atomic E-state index is 0.464. The number of hydrogen-bond acceptors (Lipinski definition) is 5. The molecule has 0 saturated carbocycles. The Labute approximate surface area is 93.2 Å². The molecule has 1 saturated heterocycles. The first-order chi connectivity index (χ1) is 7.81. The molecule has 2 aliphatic heterocycles. The van der Waals surface area contributed by atoms with E-state index in [1.807, 2.05) is 6.20 Å². The predicted molar refractivity (Wildman–Crippen MR) is 61.8 cm³/mol. The molecular formula is C11H12N4O. The van der Waals surface area contributed by atoms with Crippen molar-refractivity contribution in [3.63, 3.8) is 0 Å². The maximum absolute atomic E-state index is 5.62. The van der Waals surface area contributed by atoms with Crippen molar-refractivity contribution >= 4 is 11.5 Å². The Morgan fingerprint density at radius 3 is 3.06 bits per heavy atom. The largest absolute Gasteiger partial charge is 0.494 e. The topological polar surface area (TPSA) is 63.2 Å². The summed E-state index contributed by atoms with van der Waals surface area (Å²) >= 11 is 0. The minimum atomic E-state index is 0.464. The van der Waals surface area contributed by atoms with Gasteiger partial charge in [0.05, 0.1) is 24.7 Å². The maximum atomic E-state index is 5.62. The summed E-state index contributed by atoms with van der Waals surface area (Å²) in [6.45, 7) is 0.861. The average Bonchev–Trinajstić information content (AvgIpc) is 3.03. The third-order valence-electron chi connectivity index (χ3n) is 2.67. The molecule has 1 aromatic heterocycles. The lowest BCUT2D eigenvalue weighted by Gasteiger charge is -2.08. The number of ether oxygens (including phenoxy) is 1. The number of aromatic nitrogens is 1. The Balaban J connectivity index is 2.02. The van der Waals surface area contributed by atoms with E-state index in [0.717, 1.165) is 23.7 Å². The second-order valence-corrected chi connectivity index (χ2v) is 3.64. The van der Waals surface area contributed by atoms with Gasteiger partial charge < -0.3 is 20.7 Å². The number of nitrogens with one attached hydrogen (secondary N) is 1. The predicted octanol–water partition coefficient (Wildman–Crippen LogP) is 0.821. The molecule has 0 atom stereocenters. The van der Waals surface area contributed by atoms with Crippen LogP contribution < -0.4 is 20.7 Å². The molecular weight excluding hydrogens is 204 g/mol. The Bertz CT molecular complexity index is 487. The zero-order valence-corrected chi connectivity index (χ0v) is 8.90. The highest BCUT2D eigenvalue weighted by atomic mass is 16.5. The van der Waals surface area contributed by atoms with Crippen LogP contribution in [0.3, 0.4) is 0 Å². The fourth-order valence-electron chi connectivity index (χ4n) is 1.87. The molecule has 0 radical (unpaired) electrons. The van der Waals surface area contributed by atoms with Gasteiger partial charge in [-0.2, -0.15) is 0 Å². The van der Waals surface area contributed by atoms with E-state index in [-0.39, 0.29) is 0 Å². The van der Waals surface area contributed by atoms with Gasteiger partial charge >= 0.3 is 0 Å². The molecule has 3 heterocycles. The smallest absolute Gasteiger partial charge is 0.148 e. The summed E-state index contributed by atoms with van der Waals surface area (Å²) in [5, 5.41) is 3.16. The van der Waals surface area contributed by atoms with Gasteiger partial charge in [-0.15, -0.1) is 0 Å². The van der Waals surface area contributed by atoms with Crippen molar-refractivity contribution in [2.75, 3.05) is 24.3 Å². The fourth-order valence-corrected chi connectivity index (χ4v) is 1.87. The van der Waals surface area contributed by atoms with E-state index in [1.165, 1.54) is 5.70 Å². The van der Waals surface area contributed by atoms with Crippen molar-refractivity contribution in [3.05, 3.63) is 35.9 Å². The molecule has 0 spiro atoms. The lowest BCUT2D eigenvalue weighted by atomic mass is 10.3. The highest BCUT2D eigenvalue weighted by molar-refractivity contribution is 5.82. The molecule has 0 aliphatic carbocycles. The van der Waals surface area contributed by atoms with Crippen molar-refractivity contribution in [2.24, 2.45) is 0 Å². The number of dihydropyridines is 1. The van der Waals surface area contributed by atoms with Crippen LogP contribution in [0.4, 0.5) is 11.5 Å². The van der Waals surface area contributed by atoms with Crippen LogP contribution in [0.1, 0.15) is 0 Å². The van der Waals surface area contributed by atoms with Crippen LogP contribution in [-0.4, -0.2) is 18.6 Å². The molecule has 16 heavy (non-hydrogen) atoms. The zero-order valence-electron chi connectivity index (χ0n) is 8.90.